The van der Waals surface area contributed by atoms with E-state index < -0.39 is 22.1 Å². The van der Waals surface area contributed by atoms with Crippen LogP contribution in [0.2, 0.25) is 0 Å². The summed E-state index contributed by atoms with van der Waals surface area (Å²) in [5.74, 6) is 0.348. The summed E-state index contributed by atoms with van der Waals surface area (Å²) in [5, 5.41) is 8.67. The molecule has 0 radical (unpaired) electrons. The minimum absolute atomic E-state index is 0.193. The van der Waals surface area contributed by atoms with Gasteiger partial charge in [0, 0.05) is 24.3 Å². The van der Waals surface area contributed by atoms with E-state index in [1.807, 2.05) is 12.1 Å². The third-order valence-corrected chi connectivity index (χ3v) is 6.78. The zero-order valence-electron chi connectivity index (χ0n) is 18.1. The molecule has 3 aromatic rings. The van der Waals surface area contributed by atoms with E-state index >= 15 is 0 Å². The fraction of sp³-hybridized carbons (Fsp3) is 0.304. The molecule has 2 aromatic carbocycles. The molecule has 1 aliphatic rings. The lowest BCUT2D eigenvalue weighted by molar-refractivity contribution is -0.274. The molecule has 0 spiro atoms. The standard InChI is InChI=1S/C23H23F3N4O3S/c24-23(25,26)33-19-9-11-20(12-10-19)34(31,32)29-18-7-5-17(6-8-18)21-13-14-22(28-27-21)30-15-3-1-2-4-16-30/h5-14,29H,1-4,15-16H2. The SMILES string of the molecule is O=S(=O)(Nc1ccc(-c2ccc(N3CCCCCC3)nn2)cc1)c1ccc(OC(F)(F)F)cc1. The van der Waals surface area contributed by atoms with Crippen molar-refractivity contribution in [2.75, 3.05) is 22.7 Å². The van der Waals surface area contributed by atoms with Crippen LogP contribution in [0.5, 0.6) is 5.75 Å². The number of hydrogen-bond acceptors (Lipinski definition) is 6. The van der Waals surface area contributed by atoms with Crippen LogP contribution >= 0.6 is 0 Å². The average molecular weight is 493 g/mol. The Labute approximate surface area is 195 Å². The number of hydrogen-bond donors (Lipinski definition) is 1. The Morgan fingerprint density at radius 2 is 1.47 bits per heavy atom. The van der Waals surface area contributed by atoms with Crippen LogP contribution in [0, 0.1) is 0 Å². The summed E-state index contributed by atoms with van der Waals surface area (Å²) < 4.78 is 68.1. The van der Waals surface area contributed by atoms with Gasteiger partial charge in [-0.25, -0.2) is 8.42 Å². The normalized spacial score (nSPS) is 15.0. The highest BCUT2D eigenvalue weighted by atomic mass is 32.2. The molecule has 34 heavy (non-hydrogen) atoms. The minimum Gasteiger partial charge on any atom is -0.406 e. The summed E-state index contributed by atoms with van der Waals surface area (Å²) in [6.45, 7) is 1.95. The number of nitrogens with zero attached hydrogens (tertiary/aromatic N) is 3. The first-order valence-corrected chi connectivity index (χ1v) is 12.3. The number of nitrogens with one attached hydrogen (secondary N) is 1. The second-order valence-electron chi connectivity index (χ2n) is 7.88. The summed E-state index contributed by atoms with van der Waals surface area (Å²) in [7, 11) is -3.99. The van der Waals surface area contributed by atoms with Crippen LogP contribution in [0.25, 0.3) is 11.3 Å². The first kappa shape index (κ1) is 23.8. The predicted molar refractivity (Wildman–Crippen MR) is 122 cm³/mol. The third-order valence-electron chi connectivity index (χ3n) is 5.38. The molecule has 1 aromatic heterocycles. The van der Waals surface area contributed by atoms with Gasteiger partial charge in [0.25, 0.3) is 10.0 Å². The zero-order valence-corrected chi connectivity index (χ0v) is 18.9. The highest BCUT2D eigenvalue weighted by Gasteiger charge is 2.31. The Morgan fingerprint density at radius 1 is 0.824 bits per heavy atom. The molecule has 0 aliphatic carbocycles. The quantitative estimate of drug-likeness (QED) is 0.508. The summed E-state index contributed by atoms with van der Waals surface area (Å²) >= 11 is 0. The van der Waals surface area contributed by atoms with Crippen molar-refractivity contribution >= 4 is 21.5 Å². The van der Waals surface area contributed by atoms with Crippen molar-refractivity contribution < 1.29 is 26.3 Å². The molecule has 2 heterocycles. The summed E-state index contributed by atoms with van der Waals surface area (Å²) in [5.41, 5.74) is 1.73. The van der Waals surface area contributed by atoms with Crippen LogP contribution in [0.4, 0.5) is 24.7 Å². The van der Waals surface area contributed by atoms with Gasteiger partial charge in [-0.05, 0) is 61.4 Å². The number of aromatic nitrogens is 2. The van der Waals surface area contributed by atoms with Crippen LogP contribution in [-0.2, 0) is 10.0 Å². The van der Waals surface area contributed by atoms with Crippen molar-refractivity contribution in [2.45, 2.75) is 36.9 Å². The first-order valence-electron chi connectivity index (χ1n) is 10.8. The van der Waals surface area contributed by atoms with Crippen molar-refractivity contribution in [3.8, 4) is 17.0 Å². The largest absolute Gasteiger partial charge is 0.573 e. The maximum atomic E-state index is 12.6. The molecule has 0 bridgehead atoms. The molecule has 180 valence electrons. The number of ether oxygens (including phenoxy) is 1. The van der Waals surface area contributed by atoms with Gasteiger partial charge >= 0.3 is 6.36 Å². The fourth-order valence-electron chi connectivity index (χ4n) is 3.69. The van der Waals surface area contributed by atoms with Crippen LogP contribution in [-0.4, -0.2) is 38.1 Å². The lowest BCUT2D eigenvalue weighted by Crippen LogP contribution is -2.25. The molecule has 0 atom stereocenters. The Balaban J connectivity index is 1.42. The van der Waals surface area contributed by atoms with Gasteiger partial charge in [-0.3, -0.25) is 4.72 Å². The van der Waals surface area contributed by atoms with E-state index in [9.17, 15) is 21.6 Å². The summed E-state index contributed by atoms with van der Waals surface area (Å²) in [6.07, 6.45) is -0.0949. The minimum atomic E-state index is -4.85. The average Bonchev–Trinajstić information content (AvgIpc) is 3.09. The van der Waals surface area contributed by atoms with Crippen LogP contribution < -0.4 is 14.4 Å². The molecule has 1 saturated heterocycles. The monoisotopic (exact) mass is 492 g/mol. The number of benzene rings is 2. The molecule has 0 unspecified atom stereocenters. The van der Waals surface area contributed by atoms with Gasteiger partial charge in [-0.2, -0.15) is 0 Å². The Kier molecular flexibility index (Phi) is 6.92. The summed E-state index contributed by atoms with van der Waals surface area (Å²) in [4.78, 5) is 2.05. The smallest absolute Gasteiger partial charge is 0.406 e. The topological polar surface area (TPSA) is 84.4 Å². The van der Waals surface area contributed by atoms with E-state index in [1.165, 1.54) is 12.8 Å². The summed E-state index contributed by atoms with van der Waals surface area (Å²) in [6, 6.07) is 14.4. The van der Waals surface area contributed by atoms with Gasteiger partial charge in [0.2, 0.25) is 0 Å². The fourth-order valence-corrected chi connectivity index (χ4v) is 4.75. The van der Waals surface area contributed by atoms with E-state index in [-0.39, 0.29) is 4.90 Å². The molecule has 1 fully saturated rings. The Morgan fingerprint density at radius 3 is 2.03 bits per heavy atom. The second-order valence-corrected chi connectivity index (χ2v) is 9.56. The van der Waals surface area contributed by atoms with E-state index in [0.717, 1.165) is 61.6 Å². The van der Waals surface area contributed by atoms with Crippen molar-refractivity contribution in [3.63, 3.8) is 0 Å². The third kappa shape index (κ3) is 6.16. The maximum Gasteiger partial charge on any atom is 0.573 e. The van der Waals surface area contributed by atoms with Gasteiger partial charge in [0.1, 0.15) is 5.75 Å². The van der Waals surface area contributed by atoms with Crippen LogP contribution in [0.15, 0.2) is 65.6 Å². The second kappa shape index (κ2) is 9.88. The molecule has 0 saturated carbocycles. The van der Waals surface area contributed by atoms with Gasteiger partial charge in [-0.15, -0.1) is 23.4 Å². The van der Waals surface area contributed by atoms with Crippen molar-refractivity contribution in [1.29, 1.82) is 0 Å². The molecule has 11 heteroatoms. The number of alkyl halides is 3. The van der Waals surface area contributed by atoms with E-state index in [4.69, 9.17) is 0 Å². The Hall–Kier alpha value is -3.34. The number of halogens is 3. The highest BCUT2D eigenvalue weighted by molar-refractivity contribution is 7.92. The van der Waals surface area contributed by atoms with Crippen LogP contribution in [0.3, 0.4) is 0 Å². The molecular formula is C23H23F3N4O3S. The van der Waals surface area contributed by atoms with E-state index in [0.29, 0.717) is 11.4 Å². The molecule has 0 amide bonds. The molecule has 1 aliphatic heterocycles. The van der Waals surface area contributed by atoms with E-state index in [2.05, 4.69) is 24.6 Å². The number of anilines is 2. The van der Waals surface area contributed by atoms with Gasteiger partial charge in [0.15, 0.2) is 5.82 Å². The number of sulfonamides is 1. The van der Waals surface area contributed by atoms with E-state index in [1.54, 1.807) is 24.3 Å². The number of rotatable bonds is 6. The molecule has 1 N–H and O–H groups in total. The van der Waals surface area contributed by atoms with Gasteiger partial charge in [-0.1, -0.05) is 25.0 Å². The van der Waals surface area contributed by atoms with Crippen LogP contribution in [0.1, 0.15) is 25.7 Å². The maximum absolute atomic E-state index is 12.6. The molecule has 7 nitrogen and oxygen atoms in total. The predicted octanol–water partition coefficient (Wildman–Crippen LogP) is 5.22. The molecular weight excluding hydrogens is 469 g/mol. The lowest BCUT2D eigenvalue weighted by atomic mass is 10.1. The lowest BCUT2D eigenvalue weighted by Gasteiger charge is -2.20. The van der Waals surface area contributed by atoms with Crippen molar-refractivity contribution in [3.05, 3.63) is 60.7 Å². The Bertz CT molecular complexity index is 1190. The van der Waals surface area contributed by atoms with Crippen molar-refractivity contribution in [2.24, 2.45) is 0 Å². The molecule has 4 rings (SSSR count). The van der Waals surface area contributed by atoms with Gasteiger partial charge < -0.3 is 9.64 Å². The zero-order chi connectivity index (χ0) is 24.2. The van der Waals surface area contributed by atoms with Crippen molar-refractivity contribution in [1.82, 2.24) is 10.2 Å². The first-order chi connectivity index (χ1) is 16.2. The van der Waals surface area contributed by atoms with Gasteiger partial charge in [0.05, 0.1) is 10.6 Å². The highest BCUT2D eigenvalue weighted by Crippen LogP contribution is 2.26.